The summed E-state index contributed by atoms with van der Waals surface area (Å²) >= 11 is 7.10. The molecule has 0 aromatic carbocycles. The van der Waals surface area contributed by atoms with Crippen LogP contribution in [0.3, 0.4) is 0 Å². The molecule has 0 saturated heterocycles. The van der Waals surface area contributed by atoms with E-state index in [-0.39, 0.29) is 5.91 Å². The van der Waals surface area contributed by atoms with E-state index in [0.29, 0.717) is 11.6 Å². The highest BCUT2D eigenvalue weighted by Crippen LogP contribution is 2.26. The molecule has 4 nitrogen and oxygen atoms in total. The monoisotopic (exact) mass is 201 g/mol. The van der Waals surface area contributed by atoms with Gasteiger partial charge >= 0.3 is 0 Å². The third-order valence-electron chi connectivity index (χ3n) is 1.36. The number of thioether (sulfide) groups is 1. The number of carbonyl (C=O) groups is 1. The number of halogens is 1. The number of amides is 1. The van der Waals surface area contributed by atoms with Gasteiger partial charge in [-0.15, -0.1) is 11.8 Å². The lowest BCUT2D eigenvalue weighted by molar-refractivity contribution is -0.115. The molecule has 0 radical (unpaired) electrons. The van der Waals surface area contributed by atoms with Crippen LogP contribution in [-0.4, -0.2) is 28.3 Å². The zero-order valence-corrected chi connectivity index (χ0v) is 7.47. The van der Waals surface area contributed by atoms with Crippen molar-refractivity contribution in [2.24, 2.45) is 9.98 Å². The molecule has 2 aliphatic heterocycles. The molecule has 0 saturated carbocycles. The van der Waals surface area contributed by atoms with Gasteiger partial charge in [-0.3, -0.25) is 4.79 Å². The maximum Gasteiger partial charge on any atom is 0.258 e. The molecule has 0 aromatic heterocycles. The summed E-state index contributed by atoms with van der Waals surface area (Å²) in [6.07, 6.45) is 3.05. The van der Waals surface area contributed by atoms with Crippen LogP contribution in [0.25, 0.3) is 0 Å². The molecule has 0 aromatic rings. The molecule has 0 spiro atoms. The molecule has 6 heteroatoms. The van der Waals surface area contributed by atoms with Gasteiger partial charge in [0.25, 0.3) is 5.91 Å². The summed E-state index contributed by atoms with van der Waals surface area (Å²) in [6.45, 7) is 0. The highest BCUT2D eigenvalue weighted by molar-refractivity contribution is 8.04. The number of rotatable bonds is 0. The Bertz CT molecular complexity index is 323. The summed E-state index contributed by atoms with van der Waals surface area (Å²) in [5.74, 6) is 0.691. The van der Waals surface area contributed by atoms with Gasteiger partial charge in [-0.2, -0.15) is 4.99 Å². The summed E-state index contributed by atoms with van der Waals surface area (Å²) in [5, 5.41) is 0. The standard InChI is InChI=1S/C6H4ClN3OS/c7-10-3-8-1-4-6(10)9-5(11)2-12-4/h1,3H,2H2. The zero-order chi connectivity index (χ0) is 8.55. The van der Waals surface area contributed by atoms with Crippen molar-refractivity contribution in [1.82, 2.24) is 4.42 Å². The average molecular weight is 202 g/mol. The normalized spacial score (nSPS) is 21.8. The van der Waals surface area contributed by atoms with Crippen LogP contribution in [0.15, 0.2) is 21.1 Å². The van der Waals surface area contributed by atoms with Gasteiger partial charge in [0.05, 0.1) is 10.7 Å². The van der Waals surface area contributed by atoms with Gasteiger partial charge in [-0.05, 0) is 0 Å². The Balaban J connectivity index is 2.41. The number of amidine groups is 1. The Morgan fingerprint density at radius 3 is 3.33 bits per heavy atom. The fourth-order valence-corrected chi connectivity index (χ4v) is 1.85. The van der Waals surface area contributed by atoms with Gasteiger partial charge in [0.2, 0.25) is 0 Å². The van der Waals surface area contributed by atoms with Crippen LogP contribution < -0.4 is 0 Å². The lowest BCUT2D eigenvalue weighted by Crippen LogP contribution is -2.28. The van der Waals surface area contributed by atoms with E-state index < -0.39 is 0 Å². The van der Waals surface area contributed by atoms with Gasteiger partial charge in [-0.25, -0.2) is 9.41 Å². The molecular formula is C6H4ClN3OS. The molecular weight excluding hydrogens is 198 g/mol. The van der Waals surface area contributed by atoms with Crippen LogP contribution in [0.4, 0.5) is 0 Å². The number of carbonyl (C=O) groups excluding carboxylic acids is 1. The Hall–Kier alpha value is -0.810. The van der Waals surface area contributed by atoms with Crippen LogP contribution in [0.5, 0.6) is 0 Å². The van der Waals surface area contributed by atoms with Crippen molar-refractivity contribution in [2.45, 2.75) is 0 Å². The van der Waals surface area contributed by atoms with E-state index in [1.165, 1.54) is 22.5 Å². The van der Waals surface area contributed by atoms with Crippen molar-refractivity contribution in [3.05, 3.63) is 11.1 Å². The van der Waals surface area contributed by atoms with Crippen molar-refractivity contribution in [1.29, 1.82) is 0 Å². The number of hydrogen-bond donors (Lipinski definition) is 0. The predicted molar refractivity (Wildman–Crippen MR) is 49.2 cm³/mol. The molecule has 0 fully saturated rings. The van der Waals surface area contributed by atoms with Gasteiger partial charge < -0.3 is 0 Å². The fourth-order valence-electron chi connectivity index (χ4n) is 0.872. The summed E-state index contributed by atoms with van der Waals surface area (Å²) in [5.41, 5.74) is 0. The number of aliphatic imine (C=N–C) groups is 2. The third kappa shape index (κ3) is 1.25. The van der Waals surface area contributed by atoms with Crippen molar-refractivity contribution in [3.63, 3.8) is 0 Å². The van der Waals surface area contributed by atoms with Crippen LogP contribution in [0.2, 0.25) is 0 Å². The maximum absolute atomic E-state index is 10.9. The molecule has 2 heterocycles. The molecule has 2 rings (SSSR count). The molecule has 0 N–H and O–H groups in total. The van der Waals surface area contributed by atoms with E-state index in [0.717, 1.165) is 4.91 Å². The molecule has 12 heavy (non-hydrogen) atoms. The topological polar surface area (TPSA) is 45.0 Å². The van der Waals surface area contributed by atoms with E-state index in [9.17, 15) is 4.79 Å². The minimum Gasteiger partial charge on any atom is -0.272 e. The lowest BCUT2D eigenvalue weighted by atomic mass is 10.5. The third-order valence-corrected chi connectivity index (χ3v) is 2.60. The Morgan fingerprint density at radius 1 is 1.67 bits per heavy atom. The van der Waals surface area contributed by atoms with Crippen LogP contribution >= 0.6 is 23.5 Å². The summed E-state index contributed by atoms with van der Waals surface area (Å²) < 4.78 is 1.22. The summed E-state index contributed by atoms with van der Waals surface area (Å²) in [6, 6.07) is 0. The van der Waals surface area contributed by atoms with Gasteiger partial charge in [0.15, 0.2) is 5.84 Å². The highest BCUT2D eigenvalue weighted by atomic mass is 35.5. The average Bonchev–Trinajstić information content (AvgIpc) is 2.07. The SMILES string of the molecule is O=C1CSC2=CN=CN(Cl)C2=N1. The first-order chi connectivity index (χ1) is 5.77. The van der Waals surface area contributed by atoms with E-state index in [1.54, 1.807) is 6.20 Å². The highest BCUT2D eigenvalue weighted by Gasteiger charge is 2.23. The van der Waals surface area contributed by atoms with E-state index >= 15 is 0 Å². The number of fused-ring (bicyclic) bond motifs is 1. The van der Waals surface area contributed by atoms with Gasteiger partial charge in [-0.1, -0.05) is 0 Å². The summed E-state index contributed by atoms with van der Waals surface area (Å²) in [7, 11) is 0. The van der Waals surface area contributed by atoms with Crippen LogP contribution in [0.1, 0.15) is 0 Å². The molecule has 0 aliphatic carbocycles. The second-order valence-electron chi connectivity index (χ2n) is 2.19. The van der Waals surface area contributed by atoms with Crippen LogP contribution in [0, 0.1) is 0 Å². The molecule has 2 aliphatic rings. The smallest absolute Gasteiger partial charge is 0.258 e. The Labute approximate surface area is 78.1 Å². The number of hydrogen-bond acceptors (Lipinski definition) is 4. The fraction of sp³-hybridized carbons (Fsp3) is 0.167. The van der Waals surface area contributed by atoms with E-state index in [4.69, 9.17) is 11.8 Å². The maximum atomic E-state index is 10.9. The molecule has 0 unspecified atom stereocenters. The predicted octanol–water partition coefficient (Wildman–Crippen LogP) is 0.997. The molecule has 62 valence electrons. The molecule has 1 amide bonds. The van der Waals surface area contributed by atoms with Crippen molar-refractivity contribution < 1.29 is 4.79 Å². The second kappa shape index (κ2) is 2.91. The first-order valence-corrected chi connectivity index (χ1v) is 4.53. The number of nitrogens with zero attached hydrogens (tertiary/aromatic N) is 3. The van der Waals surface area contributed by atoms with Gasteiger partial charge in [0.1, 0.15) is 6.34 Å². The molecule has 0 bridgehead atoms. The minimum absolute atomic E-state index is 0.159. The van der Waals surface area contributed by atoms with Crippen molar-refractivity contribution >= 4 is 41.6 Å². The first kappa shape index (κ1) is 7.82. The second-order valence-corrected chi connectivity index (χ2v) is 3.57. The molecule has 0 atom stereocenters. The van der Waals surface area contributed by atoms with Crippen molar-refractivity contribution in [3.8, 4) is 0 Å². The van der Waals surface area contributed by atoms with Crippen LogP contribution in [-0.2, 0) is 4.79 Å². The minimum atomic E-state index is -0.159. The van der Waals surface area contributed by atoms with E-state index in [1.807, 2.05) is 0 Å². The van der Waals surface area contributed by atoms with Crippen molar-refractivity contribution in [2.75, 3.05) is 5.75 Å². The Kier molecular flexibility index (Phi) is 1.90. The van der Waals surface area contributed by atoms with Gasteiger partial charge in [0, 0.05) is 18.0 Å². The van der Waals surface area contributed by atoms with E-state index in [2.05, 4.69) is 9.98 Å². The first-order valence-electron chi connectivity index (χ1n) is 3.20. The lowest BCUT2D eigenvalue weighted by Gasteiger charge is -2.20. The Morgan fingerprint density at radius 2 is 2.50 bits per heavy atom. The quantitative estimate of drug-likeness (QED) is 0.550. The summed E-state index contributed by atoms with van der Waals surface area (Å²) in [4.78, 5) is 19.4. The largest absolute Gasteiger partial charge is 0.272 e. The zero-order valence-electron chi connectivity index (χ0n) is 5.90.